The second kappa shape index (κ2) is 9.77. The Morgan fingerprint density at radius 1 is 1.06 bits per heavy atom. The Hall–Kier alpha value is -3.26. The minimum Gasteiger partial charge on any atom is -0.341 e. The van der Waals surface area contributed by atoms with Gasteiger partial charge >= 0.3 is 0 Å². The highest BCUT2D eigenvalue weighted by Gasteiger charge is 2.32. The summed E-state index contributed by atoms with van der Waals surface area (Å²) in [5.74, 6) is -0.0458. The molecule has 0 spiro atoms. The summed E-state index contributed by atoms with van der Waals surface area (Å²) in [5.41, 5.74) is -0.175. The first kappa shape index (κ1) is 24.9. The molecule has 188 valence electrons. The minimum absolute atomic E-state index is 0.0178. The molecule has 11 heteroatoms. The predicted molar refractivity (Wildman–Crippen MR) is 129 cm³/mol. The van der Waals surface area contributed by atoms with Crippen LogP contribution < -0.4 is 5.56 Å². The number of hydrogen-bond acceptors (Lipinski definition) is 7. The summed E-state index contributed by atoms with van der Waals surface area (Å²) in [6.07, 6.45) is 2.63. The van der Waals surface area contributed by atoms with Gasteiger partial charge in [-0.05, 0) is 25.3 Å². The van der Waals surface area contributed by atoms with Gasteiger partial charge in [0.25, 0.3) is 5.56 Å². The van der Waals surface area contributed by atoms with Gasteiger partial charge in [-0.2, -0.15) is 10.2 Å². The van der Waals surface area contributed by atoms with E-state index in [4.69, 9.17) is 0 Å². The van der Waals surface area contributed by atoms with Gasteiger partial charge in [-0.1, -0.05) is 20.8 Å². The van der Waals surface area contributed by atoms with E-state index in [1.165, 1.54) is 10.9 Å². The number of likely N-dealkylation sites (N-methyl/N-ethyl adjacent to an activating group) is 1. The zero-order chi connectivity index (χ0) is 25.3. The number of carbonyl (C=O) groups is 2. The van der Waals surface area contributed by atoms with Crippen LogP contribution >= 0.6 is 0 Å². The molecule has 0 bridgehead atoms. The number of nitrogens with zero attached hydrogens (tertiary/aromatic N) is 8. The lowest BCUT2D eigenvalue weighted by Gasteiger charge is -2.37. The third-order valence-electron chi connectivity index (χ3n) is 6.79. The summed E-state index contributed by atoms with van der Waals surface area (Å²) in [7, 11) is 2.06. The van der Waals surface area contributed by atoms with Gasteiger partial charge < -0.3 is 14.7 Å². The maximum Gasteiger partial charge on any atom is 0.278 e. The summed E-state index contributed by atoms with van der Waals surface area (Å²) >= 11 is 0. The molecule has 2 amide bonds. The first-order valence-corrected chi connectivity index (χ1v) is 12.2. The quantitative estimate of drug-likeness (QED) is 0.623. The standard InChI is InChI=1S/C24H34N8O3/c1-24(2,3)16-32-21-18(14-26-19(13-25)27-21)23(35)31(32)15-20(33)29-7-5-17(6-8-29)22(34)30-11-9-28(4)10-12-30/h14,17H,5-12,15-16H2,1-4H3. The van der Waals surface area contributed by atoms with Crippen molar-refractivity contribution in [3.8, 4) is 6.07 Å². The molecule has 0 N–H and O–H groups in total. The number of nitriles is 1. The lowest BCUT2D eigenvalue weighted by molar-refractivity contribution is -0.142. The zero-order valence-corrected chi connectivity index (χ0v) is 21.0. The van der Waals surface area contributed by atoms with Crippen molar-refractivity contribution in [1.82, 2.24) is 34.0 Å². The number of piperidine rings is 1. The highest BCUT2D eigenvalue weighted by Crippen LogP contribution is 2.22. The van der Waals surface area contributed by atoms with E-state index < -0.39 is 0 Å². The number of aromatic nitrogens is 4. The van der Waals surface area contributed by atoms with E-state index in [9.17, 15) is 19.6 Å². The van der Waals surface area contributed by atoms with Gasteiger partial charge in [0.05, 0.1) is 0 Å². The van der Waals surface area contributed by atoms with Gasteiger partial charge in [-0.15, -0.1) is 0 Å². The number of fused-ring (bicyclic) bond motifs is 1. The molecule has 2 aliphatic rings. The van der Waals surface area contributed by atoms with Crippen LogP contribution in [0.5, 0.6) is 0 Å². The van der Waals surface area contributed by atoms with Crippen LogP contribution in [0.2, 0.25) is 0 Å². The normalized spacial score (nSPS) is 18.1. The molecule has 4 heterocycles. The molecule has 2 fully saturated rings. The SMILES string of the molecule is CN1CCN(C(=O)C2CCN(C(=O)Cn3c(=O)c4cnc(C#N)nc4n3CC(C)(C)C)CC2)CC1. The van der Waals surface area contributed by atoms with Crippen molar-refractivity contribution < 1.29 is 9.59 Å². The van der Waals surface area contributed by atoms with Crippen LogP contribution in [0.1, 0.15) is 39.4 Å². The molecule has 2 aliphatic heterocycles. The van der Waals surface area contributed by atoms with E-state index in [1.807, 2.05) is 31.7 Å². The molecule has 0 aromatic carbocycles. The Morgan fingerprint density at radius 2 is 1.71 bits per heavy atom. The average molecular weight is 483 g/mol. The summed E-state index contributed by atoms with van der Waals surface area (Å²) in [6.45, 7) is 10.7. The monoisotopic (exact) mass is 482 g/mol. The van der Waals surface area contributed by atoms with Crippen LogP contribution in [0.25, 0.3) is 11.0 Å². The first-order valence-electron chi connectivity index (χ1n) is 12.2. The number of rotatable bonds is 4. The molecule has 35 heavy (non-hydrogen) atoms. The average Bonchev–Trinajstić information content (AvgIpc) is 3.08. The van der Waals surface area contributed by atoms with E-state index in [0.29, 0.717) is 38.1 Å². The zero-order valence-electron chi connectivity index (χ0n) is 21.0. The number of piperazine rings is 1. The molecule has 0 aliphatic carbocycles. The Kier molecular flexibility index (Phi) is 6.94. The molecule has 2 saturated heterocycles. The Balaban J connectivity index is 1.48. The van der Waals surface area contributed by atoms with Gasteiger partial charge in [-0.25, -0.2) is 9.67 Å². The van der Waals surface area contributed by atoms with Gasteiger partial charge in [0.2, 0.25) is 17.6 Å². The maximum atomic E-state index is 13.2. The molecule has 2 aromatic rings. The van der Waals surface area contributed by atoms with E-state index >= 15 is 0 Å². The summed E-state index contributed by atoms with van der Waals surface area (Å²) in [4.78, 5) is 53.4. The summed E-state index contributed by atoms with van der Waals surface area (Å²) in [5, 5.41) is 9.50. The molecular weight excluding hydrogens is 448 g/mol. The van der Waals surface area contributed by atoms with Gasteiger partial charge in [0, 0.05) is 57.9 Å². The van der Waals surface area contributed by atoms with Crippen molar-refractivity contribution in [2.75, 3.05) is 46.3 Å². The van der Waals surface area contributed by atoms with E-state index in [0.717, 1.165) is 26.2 Å². The smallest absolute Gasteiger partial charge is 0.278 e. The van der Waals surface area contributed by atoms with Crippen LogP contribution in [0.3, 0.4) is 0 Å². The Bertz CT molecular complexity index is 1200. The lowest BCUT2D eigenvalue weighted by Crippen LogP contribution is -2.51. The summed E-state index contributed by atoms with van der Waals surface area (Å²) < 4.78 is 3.11. The predicted octanol–water partition coefficient (Wildman–Crippen LogP) is 0.523. The van der Waals surface area contributed by atoms with Crippen molar-refractivity contribution >= 4 is 22.8 Å². The molecule has 0 unspecified atom stereocenters. The number of carbonyl (C=O) groups excluding carboxylic acids is 2. The molecular formula is C24H34N8O3. The Labute approximate surface area is 204 Å². The second-order valence-corrected chi connectivity index (χ2v) is 10.8. The van der Waals surface area contributed by atoms with Crippen molar-refractivity contribution in [2.24, 2.45) is 11.3 Å². The first-order chi connectivity index (χ1) is 16.6. The van der Waals surface area contributed by atoms with Crippen LogP contribution in [0.15, 0.2) is 11.0 Å². The fraction of sp³-hybridized carbons (Fsp3) is 0.667. The van der Waals surface area contributed by atoms with Gasteiger partial charge in [0.1, 0.15) is 18.0 Å². The fourth-order valence-electron chi connectivity index (χ4n) is 4.79. The highest BCUT2D eigenvalue weighted by molar-refractivity contribution is 5.81. The van der Waals surface area contributed by atoms with Crippen LogP contribution in [-0.2, 0) is 22.7 Å². The number of likely N-dealkylation sites (tertiary alicyclic amines) is 1. The third-order valence-corrected chi connectivity index (χ3v) is 6.79. The lowest BCUT2D eigenvalue weighted by atomic mass is 9.95. The number of amides is 2. The van der Waals surface area contributed by atoms with Crippen molar-refractivity contribution in [3.63, 3.8) is 0 Å². The largest absolute Gasteiger partial charge is 0.341 e. The summed E-state index contributed by atoms with van der Waals surface area (Å²) in [6, 6.07) is 1.91. The highest BCUT2D eigenvalue weighted by atomic mass is 16.2. The molecule has 0 saturated carbocycles. The van der Waals surface area contributed by atoms with E-state index in [2.05, 4.69) is 21.9 Å². The number of hydrogen-bond donors (Lipinski definition) is 0. The molecule has 11 nitrogen and oxygen atoms in total. The van der Waals surface area contributed by atoms with E-state index in [1.54, 1.807) is 9.58 Å². The van der Waals surface area contributed by atoms with Crippen LogP contribution in [0.4, 0.5) is 0 Å². The van der Waals surface area contributed by atoms with Crippen molar-refractivity contribution in [2.45, 2.75) is 46.7 Å². The fourth-order valence-corrected chi connectivity index (χ4v) is 4.79. The molecule has 0 atom stereocenters. The van der Waals surface area contributed by atoms with Crippen LogP contribution in [-0.4, -0.2) is 92.2 Å². The van der Waals surface area contributed by atoms with Crippen molar-refractivity contribution in [1.29, 1.82) is 5.26 Å². The van der Waals surface area contributed by atoms with Crippen LogP contribution in [0, 0.1) is 22.7 Å². The maximum absolute atomic E-state index is 13.2. The minimum atomic E-state index is -0.345. The van der Waals surface area contributed by atoms with Crippen molar-refractivity contribution in [3.05, 3.63) is 22.4 Å². The second-order valence-electron chi connectivity index (χ2n) is 10.8. The molecule has 0 radical (unpaired) electrons. The molecule has 4 rings (SSSR count). The topological polar surface area (TPSA) is 120 Å². The van der Waals surface area contributed by atoms with E-state index in [-0.39, 0.29) is 46.5 Å². The van der Waals surface area contributed by atoms with Gasteiger partial charge in [0.15, 0.2) is 5.65 Å². The third kappa shape index (κ3) is 5.37. The Morgan fingerprint density at radius 3 is 2.31 bits per heavy atom. The van der Waals surface area contributed by atoms with Gasteiger partial charge in [-0.3, -0.25) is 19.1 Å². The molecule has 2 aromatic heterocycles.